The molecule has 5 heteroatoms. The normalized spacial score (nSPS) is 21.7. The number of nitrogens with two attached hydrogens (primary N) is 1. The van der Waals surface area contributed by atoms with Crippen LogP contribution in [0.1, 0.15) is 33.6 Å². The lowest BCUT2D eigenvalue weighted by Gasteiger charge is -2.33. The number of rotatable bonds is 6. The van der Waals surface area contributed by atoms with Gasteiger partial charge in [-0.1, -0.05) is 13.8 Å². The first kappa shape index (κ1) is 12.9. The molecule has 0 saturated heterocycles. The summed E-state index contributed by atoms with van der Waals surface area (Å²) in [6.07, 6.45) is 2.09. The van der Waals surface area contributed by atoms with Crippen molar-refractivity contribution in [3.63, 3.8) is 0 Å². The van der Waals surface area contributed by atoms with Crippen molar-refractivity contribution in [1.29, 1.82) is 0 Å². The number of sulfonamides is 1. The van der Waals surface area contributed by atoms with Gasteiger partial charge in [0.25, 0.3) is 0 Å². The van der Waals surface area contributed by atoms with E-state index in [9.17, 15) is 8.42 Å². The van der Waals surface area contributed by atoms with Crippen LogP contribution < -0.4 is 10.5 Å². The Morgan fingerprint density at radius 3 is 2.33 bits per heavy atom. The van der Waals surface area contributed by atoms with Crippen LogP contribution in [0.4, 0.5) is 0 Å². The number of hydrogen-bond donors (Lipinski definition) is 2. The molecule has 1 aliphatic carbocycles. The van der Waals surface area contributed by atoms with Crippen molar-refractivity contribution in [2.75, 3.05) is 12.3 Å². The van der Waals surface area contributed by atoms with Crippen molar-refractivity contribution in [3.8, 4) is 0 Å². The molecule has 3 N–H and O–H groups in total. The summed E-state index contributed by atoms with van der Waals surface area (Å²) in [5.41, 5.74) is 5.11. The van der Waals surface area contributed by atoms with Gasteiger partial charge in [0.2, 0.25) is 10.0 Å². The van der Waals surface area contributed by atoms with Gasteiger partial charge >= 0.3 is 0 Å². The molecule has 1 rings (SSSR count). The molecule has 15 heavy (non-hydrogen) atoms. The molecule has 1 atom stereocenters. The molecule has 0 aromatic rings. The predicted molar refractivity (Wildman–Crippen MR) is 61.9 cm³/mol. The second kappa shape index (κ2) is 4.39. The predicted octanol–water partition coefficient (Wildman–Crippen LogP) is 0.689. The molecule has 0 aliphatic heterocycles. The molecule has 0 radical (unpaired) electrons. The lowest BCUT2D eigenvalue weighted by atomic mass is 9.90. The van der Waals surface area contributed by atoms with E-state index in [2.05, 4.69) is 4.72 Å². The molecule has 0 aromatic heterocycles. The summed E-state index contributed by atoms with van der Waals surface area (Å²) in [4.78, 5) is 0. The molecule has 0 spiro atoms. The van der Waals surface area contributed by atoms with Crippen LogP contribution in [0.15, 0.2) is 0 Å². The van der Waals surface area contributed by atoms with E-state index in [0.29, 0.717) is 12.5 Å². The largest absolute Gasteiger partial charge is 0.329 e. The minimum absolute atomic E-state index is 0.191. The number of hydrogen-bond acceptors (Lipinski definition) is 3. The van der Waals surface area contributed by atoms with Gasteiger partial charge in [-0.05, 0) is 31.6 Å². The van der Waals surface area contributed by atoms with E-state index < -0.39 is 15.6 Å². The Morgan fingerprint density at radius 2 is 2.00 bits per heavy atom. The van der Waals surface area contributed by atoms with E-state index in [1.54, 1.807) is 0 Å². The van der Waals surface area contributed by atoms with Crippen LogP contribution in [0.5, 0.6) is 0 Å². The maximum atomic E-state index is 11.8. The molecule has 0 aromatic carbocycles. The summed E-state index contributed by atoms with van der Waals surface area (Å²) in [6.45, 7) is 6.15. The van der Waals surface area contributed by atoms with E-state index >= 15 is 0 Å². The molecule has 1 unspecified atom stereocenters. The molecule has 1 aliphatic rings. The van der Waals surface area contributed by atoms with E-state index in [-0.39, 0.29) is 11.7 Å². The van der Waals surface area contributed by atoms with Crippen molar-refractivity contribution in [2.24, 2.45) is 17.6 Å². The second-order valence-corrected chi connectivity index (χ2v) is 6.87. The topological polar surface area (TPSA) is 72.2 Å². The molecule has 1 fully saturated rings. The van der Waals surface area contributed by atoms with Gasteiger partial charge in [-0.3, -0.25) is 0 Å². The molecule has 90 valence electrons. The van der Waals surface area contributed by atoms with Gasteiger partial charge < -0.3 is 5.73 Å². The summed E-state index contributed by atoms with van der Waals surface area (Å²) in [5.74, 6) is 0.822. The van der Waals surface area contributed by atoms with Crippen LogP contribution in [0, 0.1) is 11.8 Å². The Hall–Kier alpha value is -0.130. The lowest BCUT2D eigenvalue weighted by Crippen LogP contribution is -2.55. The van der Waals surface area contributed by atoms with E-state index in [1.165, 1.54) is 0 Å². The minimum atomic E-state index is -3.16. The van der Waals surface area contributed by atoms with Crippen molar-refractivity contribution in [2.45, 2.75) is 39.2 Å². The Balaban J connectivity index is 2.64. The maximum absolute atomic E-state index is 11.8. The highest BCUT2D eigenvalue weighted by molar-refractivity contribution is 7.89. The third-order valence-electron chi connectivity index (χ3n) is 3.24. The first-order valence-corrected chi connectivity index (χ1v) is 7.16. The van der Waals surface area contributed by atoms with E-state index in [4.69, 9.17) is 5.73 Å². The van der Waals surface area contributed by atoms with Crippen molar-refractivity contribution >= 4 is 10.0 Å². The third kappa shape index (κ3) is 3.74. The van der Waals surface area contributed by atoms with Gasteiger partial charge in [-0.25, -0.2) is 13.1 Å². The fourth-order valence-electron chi connectivity index (χ4n) is 1.39. The first-order chi connectivity index (χ1) is 6.79. The Kier molecular flexibility index (Phi) is 3.79. The molecule has 0 bridgehead atoms. The van der Waals surface area contributed by atoms with Crippen LogP contribution in [-0.4, -0.2) is 26.3 Å². The third-order valence-corrected chi connectivity index (χ3v) is 4.93. The van der Waals surface area contributed by atoms with Gasteiger partial charge in [0.1, 0.15) is 0 Å². The molecule has 0 heterocycles. The SMILES string of the molecule is CC(C)C(C)(CN)NS(=O)(=O)CC1CC1. The van der Waals surface area contributed by atoms with Gasteiger partial charge in [0.05, 0.1) is 5.75 Å². The summed E-state index contributed by atoms with van der Waals surface area (Å²) < 4.78 is 26.3. The van der Waals surface area contributed by atoms with Gasteiger partial charge in [-0.15, -0.1) is 0 Å². The van der Waals surface area contributed by atoms with Crippen LogP contribution in [0.2, 0.25) is 0 Å². The van der Waals surface area contributed by atoms with E-state index in [0.717, 1.165) is 12.8 Å². The molecule has 4 nitrogen and oxygen atoms in total. The van der Waals surface area contributed by atoms with Gasteiger partial charge in [0.15, 0.2) is 0 Å². The van der Waals surface area contributed by atoms with Crippen LogP contribution in [0.3, 0.4) is 0 Å². The highest BCUT2D eigenvalue weighted by Crippen LogP contribution is 2.30. The summed E-state index contributed by atoms with van der Waals surface area (Å²) >= 11 is 0. The quantitative estimate of drug-likeness (QED) is 0.710. The van der Waals surface area contributed by atoms with E-state index in [1.807, 2.05) is 20.8 Å². The lowest BCUT2D eigenvalue weighted by molar-refractivity contribution is 0.314. The Morgan fingerprint density at radius 1 is 1.47 bits per heavy atom. The smallest absolute Gasteiger partial charge is 0.212 e. The van der Waals surface area contributed by atoms with Gasteiger partial charge in [-0.2, -0.15) is 0 Å². The van der Waals surface area contributed by atoms with Crippen LogP contribution in [-0.2, 0) is 10.0 Å². The average Bonchev–Trinajstić information content (AvgIpc) is 2.86. The fourth-order valence-corrected chi connectivity index (χ4v) is 3.45. The monoisotopic (exact) mass is 234 g/mol. The number of nitrogens with one attached hydrogen (secondary N) is 1. The Bertz CT molecular complexity index is 309. The van der Waals surface area contributed by atoms with Crippen molar-refractivity contribution in [1.82, 2.24) is 4.72 Å². The van der Waals surface area contributed by atoms with Crippen LogP contribution in [0.25, 0.3) is 0 Å². The minimum Gasteiger partial charge on any atom is -0.329 e. The molecule has 0 amide bonds. The molecule has 1 saturated carbocycles. The van der Waals surface area contributed by atoms with Gasteiger partial charge in [0, 0.05) is 12.1 Å². The zero-order chi connectivity index (χ0) is 11.7. The standard InChI is InChI=1S/C10H22N2O2S/c1-8(2)10(3,7-11)12-15(13,14)6-9-4-5-9/h8-9,12H,4-7,11H2,1-3H3. The highest BCUT2D eigenvalue weighted by Gasteiger charge is 2.35. The summed E-state index contributed by atoms with van der Waals surface area (Å²) in [5, 5.41) is 0. The van der Waals surface area contributed by atoms with Crippen molar-refractivity contribution < 1.29 is 8.42 Å². The zero-order valence-corrected chi connectivity index (χ0v) is 10.6. The summed E-state index contributed by atoms with van der Waals surface area (Å²) in [7, 11) is -3.16. The second-order valence-electron chi connectivity index (χ2n) is 5.10. The zero-order valence-electron chi connectivity index (χ0n) is 9.79. The maximum Gasteiger partial charge on any atom is 0.212 e. The average molecular weight is 234 g/mol. The summed E-state index contributed by atoms with van der Waals surface area (Å²) in [6, 6.07) is 0. The molecular weight excluding hydrogens is 212 g/mol. The van der Waals surface area contributed by atoms with Crippen molar-refractivity contribution in [3.05, 3.63) is 0 Å². The fraction of sp³-hybridized carbons (Fsp3) is 1.00. The molecular formula is C10H22N2O2S. The van der Waals surface area contributed by atoms with Crippen LogP contribution >= 0.6 is 0 Å². The Labute approximate surface area is 92.7 Å². The highest BCUT2D eigenvalue weighted by atomic mass is 32.2. The first-order valence-electron chi connectivity index (χ1n) is 5.51.